The molecule has 0 spiro atoms. The first-order valence-corrected chi connectivity index (χ1v) is 9.63. The zero-order chi connectivity index (χ0) is 15.5. The smallest absolute Gasteiger partial charge is 0.305 e. The van der Waals surface area contributed by atoms with Crippen LogP contribution < -0.4 is 0 Å². The Balaban J connectivity index is 1.99. The molecule has 3 atom stereocenters. The van der Waals surface area contributed by atoms with E-state index in [4.69, 9.17) is 0 Å². The van der Waals surface area contributed by atoms with Crippen molar-refractivity contribution < 1.29 is 17.9 Å². The van der Waals surface area contributed by atoms with Crippen LogP contribution in [0.4, 0.5) is 0 Å². The molecule has 2 rings (SSSR count). The molecule has 6 heteroatoms. The first-order valence-electron chi connectivity index (χ1n) is 8.02. The van der Waals surface area contributed by atoms with E-state index in [1.807, 2.05) is 0 Å². The molecule has 2 aliphatic rings. The number of fused-ring (bicyclic) bond motifs is 1. The van der Waals surface area contributed by atoms with E-state index in [2.05, 4.69) is 11.7 Å². The van der Waals surface area contributed by atoms with Crippen molar-refractivity contribution in [1.82, 2.24) is 4.31 Å². The summed E-state index contributed by atoms with van der Waals surface area (Å²) in [6.45, 7) is 2.90. The highest BCUT2D eigenvalue weighted by molar-refractivity contribution is 7.89. The summed E-state index contributed by atoms with van der Waals surface area (Å²) < 4.78 is 31.5. The highest BCUT2D eigenvalue weighted by Crippen LogP contribution is 2.40. The van der Waals surface area contributed by atoms with Gasteiger partial charge in [0, 0.05) is 19.0 Å². The lowest BCUT2D eigenvalue weighted by Gasteiger charge is -2.46. The topological polar surface area (TPSA) is 63.7 Å². The normalized spacial score (nSPS) is 30.7. The van der Waals surface area contributed by atoms with Crippen molar-refractivity contribution in [3.05, 3.63) is 0 Å². The first kappa shape index (κ1) is 16.7. The Morgan fingerprint density at radius 3 is 2.67 bits per heavy atom. The van der Waals surface area contributed by atoms with Crippen LogP contribution in [-0.4, -0.2) is 44.1 Å². The molecule has 21 heavy (non-hydrogen) atoms. The molecular formula is C15H27NO4S. The molecule has 0 aromatic rings. The predicted molar refractivity (Wildman–Crippen MR) is 81.3 cm³/mol. The number of sulfonamides is 1. The van der Waals surface area contributed by atoms with Crippen molar-refractivity contribution in [3.63, 3.8) is 0 Å². The molecule has 1 saturated carbocycles. The summed E-state index contributed by atoms with van der Waals surface area (Å²) in [5.41, 5.74) is 0. The largest absolute Gasteiger partial charge is 0.469 e. The molecule has 0 bridgehead atoms. The van der Waals surface area contributed by atoms with E-state index < -0.39 is 10.0 Å². The summed E-state index contributed by atoms with van der Waals surface area (Å²) in [5, 5.41) is 0. The van der Waals surface area contributed by atoms with Crippen molar-refractivity contribution in [2.45, 2.75) is 57.9 Å². The average Bonchev–Trinajstić information content (AvgIpc) is 2.47. The van der Waals surface area contributed by atoms with E-state index in [1.54, 1.807) is 4.31 Å². The number of hydrogen-bond donors (Lipinski definition) is 0. The van der Waals surface area contributed by atoms with Crippen LogP contribution in [0, 0.1) is 11.8 Å². The summed E-state index contributed by atoms with van der Waals surface area (Å²) in [6.07, 6.45) is 5.97. The van der Waals surface area contributed by atoms with Crippen LogP contribution in [-0.2, 0) is 19.6 Å². The number of rotatable bonds is 5. The Labute approximate surface area is 128 Å². The maximum Gasteiger partial charge on any atom is 0.305 e. The third-order valence-corrected chi connectivity index (χ3v) is 7.03. The van der Waals surface area contributed by atoms with Gasteiger partial charge in [0.1, 0.15) is 0 Å². The Hall–Kier alpha value is -0.620. The number of hydrogen-bond acceptors (Lipinski definition) is 4. The fraction of sp³-hybridized carbons (Fsp3) is 0.933. The van der Waals surface area contributed by atoms with Gasteiger partial charge in [-0.15, -0.1) is 0 Å². The lowest BCUT2D eigenvalue weighted by Crippen LogP contribution is -2.52. The third kappa shape index (κ3) is 3.97. The van der Waals surface area contributed by atoms with Gasteiger partial charge in [0.25, 0.3) is 0 Å². The van der Waals surface area contributed by atoms with E-state index >= 15 is 0 Å². The van der Waals surface area contributed by atoms with Crippen LogP contribution in [0.15, 0.2) is 0 Å². The van der Waals surface area contributed by atoms with Crippen LogP contribution in [0.1, 0.15) is 51.9 Å². The summed E-state index contributed by atoms with van der Waals surface area (Å²) in [5.74, 6) is 0.854. The van der Waals surface area contributed by atoms with Gasteiger partial charge in [-0.2, -0.15) is 4.31 Å². The van der Waals surface area contributed by atoms with Crippen LogP contribution in [0.25, 0.3) is 0 Å². The molecule has 1 saturated heterocycles. The van der Waals surface area contributed by atoms with Crippen molar-refractivity contribution in [2.75, 3.05) is 19.4 Å². The Morgan fingerprint density at radius 2 is 1.95 bits per heavy atom. The molecule has 0 aromatic heterocycles. The number of piperidine rings is 1. The first-order chi connectivity index (χ1) is 9.95. The second kappa shape index (κ2) is 7.09. The monoisotopic (exact) mass is 317 g/mol. The SMILES string of the molecule is COC(=O)CCCS(=O)(=O)N1CCC(C)C2CCCCC21. The molecule has 5 nitrogen and oxygen atoms in total. The van der Waals surface area contributed by atoms with Gasteiger partial charge >= 0.3 is 5.97 Å². The molecule has 0 radical (unpaired) electrons. The van der Waals surface area contributed by atoms with Crippen molar-refractivity contribution in [1.29, 1.82) is 0 Å². The quantitative estimate of drug-likeness (QED) is 0.729. The van der Waals surface area contributed by atoms with Crippen molar-refractivity contribution in [3.8, 4) is 0 Å². The molecule has 0 amide bonds. The standard InChI is InChI=1S/C15H27NO4S/c1-12-9-10-16(14-7-4-3-6-13(12)14)21(18,19)11-5-8-15(17)20-2/h12-14H,3-11H2,1-2H3. The zero-order valence-electron chi connectivity index (χ0n) is 13.1. The maximum atomic E-state index is 12.6. The van der Waals surface area contributed by atoms with Crippen molar-refractivity contribution >= 4 is 16.0 Å². The predicted octanol–water partition coefficient (Wildman–Crippen LogP) is 2.17. The van der Waals surface area contributed by atoms with Gasteiger partial charge in [-0.1, -0.05) is 19.8 Å². The summed E-state index contributed by atoms with van der Waals surface area (Å²) in [6, 6.07) is 0.186. The van der Waals surface area contributed by atoms with Gasteiger partial charge in [0.05, 0.1) is 12.9 Å². The van der Waals surface area contributed by atoms with Crippen LogP contribution in [0.5, 0.6) is 0 Å². The van der Waals surface area contributed by atoms with Crippen LogP contribution in [0.2, 0.25) is 0 Å². The minimum atomic E-state index is -3.26. The van der Waals surface area contributed by atoms with Crippen molar-refractivity contribution in [2.24, 2.45) is 11.8 Å². The van der Waals surface area contributed by atoms with Gasteiger partial charge < -0.3 is 4.74 Å². The van der Waals surface area contributed by atoms with E-state index in [0.717, 1.165) is 25.7 Å². The number of carbonyl (C=O) groups excluding carboxylic acids is 1. The fourth-order valence-electron chi connectivity index (χ4n) is 3.84. The van der Waals surface area contributed by atoms with Gasteiger partial charge in [0.2, 0.25) is 10.0 Å². The molecule has 1 aliphatic heterocycles. The highest BCUT2D eigenvalue weighted by Gasteiger charge is 2.41. The average molecular weight is 317 g/mol. The summed E-state index contributed by atoms with van der Waals surface area (Å²) in [7, 11) is -1.93. The van der Waals surface area contributed by atoms with E-state index in [-0.39, 0.29) is 24.2 Å². The Kier molecular flexibility index (Phi) is 5.66. The molecule has 1 aliphatic carbocycles. The number of nitrogens with zero attached hydrogens (tertiary/aromatic N) is 1. The fourth-order valence-corrected chi connectivity index (χ4v) is 5.64. The number of methoxy groups -OCH3 is 1. The third-order valence-electron chi connectivity index (χ3n) is 5.06. The second-order valence-electron chi connectivity index (χ2n) is 6.39. The molecule has 0 N–H and O–H groups in total. The Morgan fingerprint density at radius 1 is 1.24 bits per heavy atom. The number of ether oxygens (including phenoxy) is 1. The van der Waals surface area contributed by atoms with E-state index in [9.17, 15) is 13.2 Å². The molecular weight excluding hydrogens is 290 g/mol. The maximum absolute atomic E-state index is 12.6. The van der Waals surface area contributed by atoms with Gasteiger partial charge in [0.15, 0.2) is 0 Å². The van der Waals surface area contributed by atoms with E-state index in [1.165, 1.54) is 13.5 Å². The van der Waals surface area contributed by atoms with Crippen LogP contribution >= 0.6 is 0 Å². The summed E-state index contributed by atoms with van der Waals surface area (Å²) >= 11 is 0. The molecule has 3 unspecified atom stereocenters. The summed E-state index contributed by atoms with van der Waals surface area (Å²) in [4.78, 5) is 11.1. The molecule has 1 heterocycles. The molecule has 122 valence electrons. The minimum Gasteiger partial charge on any atom is -0.469 e. The Bertz CT molecular complexity index is 462. The lowest BCUT2D eigenvalue weighted by atomic mass is 9.74. The zero-order valence-corrected chi connectivity index (χ0v) is 13.9. The van der Waals surface area contributed by atoms with Gasteiger partial charge in [-0.25, -0.2) is 8.42 Å². The number of esters is 1. The van der Waals surface area contributed by atoms with Crippen LogP contribution in [0.3, 0.4) is 0 Å². The second-order valence-corrected chi connectivity index (χ2v) is 8.43. The van der Waals surface area contributed by atoms with Gasteiger partial charge in [-0.3, -0.25) is 4.79 Å². The molecule has 2 fully saturated rings. The van der Waals surface area contributed by atoms with Gasteiger partial charge in [-0.05, 0) is 37.5 Å². The van der Waals surface area contributed by atoms with E-state index in [0.29, 0.717) is 24.8 Å². The minimum absolute atomic E-state index is 0.0553. The molecule has 0 aromatic carbocycles. The lowest BCUT2D eigenvalue weighted by molar-refractivity contribution is -0.140. The highest BCUT2D eigenvalue weighted by atomic mass is 32.2. The number of carbonyl (C=O) groups is 1.